The van der Waals surface area contributed by atoms with Gasteiger partial charge in [0.1, 0.15) is 17.6 Å². The number of quaternary nitrogens is 1. The number of rotatable bonds is 10. The van der Waals surface area contributed by atoms with Gasteiger partial charge in [-0.2, -0.15) is 10.4 Å². The normalized spacial score (nSPS) is 10.7. The first-order chi connectivity index (χ1) is 12.6. The van der Waals surface area contributed by atoms with Crippen molar-refractivity contribution in [3.05, 3.63) is 36.0 Å². The van der Waals surface area contributed by atoms with Crippen molar-refractivity contribution < 1.29 is 10.2 Å². The van der Waals surface area contributed by atoms with Gasteiger partial charge in [0.15, 0.2) is 5.69 Å². The van der Waals surface area contributed by atoms with Crippen LogP contribution in [0.25, 0.3) is 0 Å². The lowest BCUT2D eigenvalue weighted by molar-refractivity contribution is -0.576. The van der Waals surface area contributed by atoms with Crippen molar-refractivity contribution in [2.75, 3.05) is 23.7 Å². The van der Waals surface area contributed by atoms with Crippen molar-refractivity contribution in [2.45, 2.75) is 6.42 Å². The molecular formula is C16H22N9O+. The molecule has 0 aliphatic carbocycles. The van der Waals surface area contributed by atoms with Gasteiger partial charge in [-0.1, -0.05) is 11.2 Å². The van der Waals surface area contributed by atoms with Crippen molar-refractivity contribution in [3.63, 3.8) is 0 Å². The van der Waals surface area contributed by atoms with Crippen LogP contribution in [0.3, 0.4) is 0 Å². The van der Waals surface area contributed by atoms with E-state index < -0.39 is 5.91 Å². The molecule has 2 aromatic rings. The second-order valence-corrected chi connectivity index (χ2v) is 5.23. The van der Waals surface area contributed by atoms with Crippen molar-refractivity contribution >= 4 is 41.5 Å². The van der Waals surface area contributed by atoms with Crippen LogP contribution in [-0.4, -0.2) is 41.4 Å². The summed E-state index contributed by atoms with van der Waals surface area (Å²) >= 11 is 0. The molecule has 1 aromatic heterocycles. The number of amides is 1. The SMILES string of the molecule is N=CC=N[NH2+]c1cccc(Nc2nc(NCCCN)ncc2C(N)=O)c1. The Labute approximate surface area is 150 Å². The molecular weight excluding hydrogens is 334 g/mol. The van der Waals surface area contributed by atoms with Crippen LogP contribution in [0.1, 0.15) is 16.8 Å². The summed E-state index contributed by atoms with van der Waals surface area (Å²) in [6.07, 6.45) is 4.62. The molecule has 0 radical (unpaired) electrons. The van der Waals surface area contributed by atoms with Gasteiger partial charge in [-0.15, -0.1) is 0 Å². The number of hydrogen-bond donors (Lipinski definition) is 6. The number of hydrogen-bond acceptors (Lipinski definition) is 8. The van der Waals surface area contributed by atoms with Gasteiger partial charge < -0.3 is 27.5 Å². The maximum atomic E-state index is 11.6. The summed E-state index contributed by atoms with van der Waals surface area (Å²) in [7, 11) is 0. The van der Waals surface area contributed by atoms with Gasteiger partial charge in [0.2, 0.25) is 5.95 Å². The fraction of sp³-hybridized carbons (Fsp3) is 0.188. The van der Waals surface area contributed by atoms with Gasteiger partial charge >= 0.3 is 0 Å². The summed E-state index contributed by atoms with van der Waals surface area (Å²) in [5.74, 6) is 0.0615. The van der Waals surface area contributed by atoms with Crippen LogP contribution in [0.5, 0.6) is 0 Å². The van der Waals surface area contributed by atoms with Gasteiger partial charge in [-0.05, 0) is 19.0 Å². The lowest BCUT2D eigenvalue weighted by Gasteiger charge is -2.11. The zero-order valence-electron chi connectivity index (χ0n) is 14.1. The van der Waals surface area contributed by atoms with Crippen LogP contribution < -0.4 is 27.5 Å². The minimum Gasteiger partial charge on any atom is -0.365 e. The molecule has 0 atom stereocenters. The first-order valence-corrected chi connectivity index (χ1v) is 7.97. The fourth-order valence-electron chi connectivity index (χ4n) is 2.05. The maximum Gasteiger partial charge on any atom is 0.254 e. The number of nitrogens with two attached hydrogens (primary N) is 3. The molecule has 136 valence electrons. The highest BCUT2D eigenvalue weighted by atomic mass is 16.1. The Bertz CT molecular complexity index is 791. The highest BCUT2D eigenvalue weighted by Gasteiger charge is 2.13. The largest absolute Gasteiger partial charge is 0.365 e. The van der Waals surface area contributed by atoms with E-state index in [4.69, 9.17) is 16.9 Å². The highest BCUT2D eigenvalue weighted by Crippen LogP contribution is 2.20. The van der Waals surface area contributed by atoms with Crippen LogP contribution >= 0.6 is 0 Å². The molecule has 0 unspecified atom stereocenters. The summed E-state index contributed by atoms with van der Waals surface area (Å²) in [6, 6.07) is 7.35. The molecule has 0 saturated carbocycles. The van der Waals surface area contributed by atoms with E-state index in [9.17, 15) is 4.79 Å². The zero-order chi connectivity index (χ0) is 18.8. The molecule has 0 saturated heterocycles. The lowest BCUT2D eigenvalue weighted by atomic mass is 10.2. The predicted octanol–water partition coefficient (Wildman–Crippen LogP) is -0.0899. The van der Waals surface area contributed by atoms with Crippen molar-refractivity contribution in [1.29, 1.82) is 5.41 Å². The summed E-state index contributed by atoms with van der Waals surface area (Å²) < 4.78 is 0. The van der Waals surface area contributed by atoms with E-state index >= 15 is 0 Å². The number of aromatic nitrogens is 2. The molecule has 26 heavy (non-hydrogen) atoms. The van der Waals surface area contributed by atoms with Gasteiger partial charge in [-0.25, -0.2) is 4.98 Å². The van der Waals surface area contributed by atoms with E-state index in [0.717, 1.165) is 18.3 Å². The maximum absolute atomic E-state index is 11.6. The van der Waals surface area contributed by atoms with Crippen molar-refractivity contribution in [3.8, 4) is 0 Å². The molecule has 0 aliphatic rings. The molecule has 10 nitrogen and oxygen atoms in total. The monoisotopic (exact) mass is 356 g/mol. The number of nitrogens with zero attached hydrogens (tertiary/aromatic N) is 3. The quantitative estimate of drug-likeness (QED) is 0.114. The molecule has 1 aromatic carbocycles. The highest BCUT2D eigenvalue weighted by molar-refractivity contribution is 6.14. The van der Waals surface area contributed by atoms with E-state index in [2.05, 4.69) is 25.7 Å². The molecule has 0 bridgehead atoms. The van der Waals surface area contributed by atoms with E-state index in [-0.39, 0.29) is 5.56 Å². The molecule has 0 aliphatic heterocycles. The smallest absolute Gasteiger partial charge is 0.254 e. The first-order valence-electron chi connectivity index (χ1n) is 7.97. The van der Waals surface area contributed by atoms with Gasteiger partial charge in [0.25, 0.3) is 5.91 Å². The Morgan fingerprint density at radius 1 is 1.42 bits per heavy atom. The molecule has 0 fully saturated rings. The van der Waals surface area contributed by atoms with Gasteiger partial charge in [0.05, 0.1) is 0 Å². The second kappa shape index (κ2) is 9.81. The third kappa shape index (κ3) is 5.61. The summed E-state index contributed by atoms with van der Waals surface area (Å²) in [5, 5.41) is 17.0. The molecule has 0 spiro atoms. The number of carbonyl (C=O) groups excluding carboxylic acids is 1. The van der Waals surface area contributed by atoms with E-state index in [1.165, 1.54) is 12.4 Å². The van der Waals surface area contributed by atoms with Gasteiger partial charge in [-0.3, -0.25) is 4.79 Å². The summed E-state index contributed by atoms with van der Waals surface area (Å²) in [6.45, 7) is 1.18. The van der Waals surface area contributed by atoms with Crippen LogP contribution in [-0.2, 0) is 0 Å². The van der Waals surface area contributed by atoms with Crippen molar-refractivity contribution in [1.82, 2.24) is 9.97 Å². The van der Waals surface area contributed by atoms with Crippen LogP contribution in [0.15, 0.2) is 35.6 Å². The number of primary amides is 1. The first kappa shape index (κ1) is 19.0. The van der Waals surface area contributed by atoms with E-state index in [0.29, 0.717) is 30.5 Å². The van der Waals surface area contributed by atoms with Crippen LogP contribution in [0.4, 0.5) is 23.1 Å². The number of nitrogens with one attached hydrogen (secondary N) is 3. The van der Waals surface area contributed by atoms with Gasteiger partial charge in [0, 0.05) is 36.8 Å². The third-order valence-corrected chi connectivity index (χ3v) is 3.25. The molecule has 2 rings (SSSR count). The predicted molar refractivity (Wildman–Crippen MR) is 101 cm³/mol. The standard InChI is InChI=1S/C16H21N9O/c17-5-2-7-20-16-21-10-13(14(19)26)15(24-16)23-11-3-1-4-12(9-11)25-22-8-6-18/h1,3-4,6,8-10,18,25H,2,5,7,17H2,(H2,19,26)(H2,20,21,23,24)/p+1. The van der Waals surface area contributed by atoms with E-state index in [1.54, 1.807) is 5.43 Å². The zero-order valence-corrected chi connectivity index (χ0v) is 14.1. The minimum absolute atomic E-state index is 0.186. The molecule has 10 heteroatoms. The molecule has 9 N–H and O–H groups in total. The van der Waals surface area contributed by atoms with Crippen LogP contribution in [0.2, 0.25) is 0 Å². The average Bonchev–Trinajstić information content (AvgIpc) is 2.62. The Balaban J connectivity index is 2.21. The number of anilines is 3. The second-order valence-electron chi connectivity index (χ2n) is 5.23. The lowest BCUT2D eigenvalue weighted by Crippen LogP contribution is -2.71. The number of benzene rings is 1. The molecule has 1 amide bonds. The van der Waals surface area contributed by atoms with Crippen LogP contribution in [0, 0.1) is 5.41 Å². The number of carbonyl (C=O) groups is 1. The minimum atomic E-state index is -0.626. The Hall–Kier alpha value is -3.37. The molecule has 1 heterocycles. The fourth-order valence-corrected chi connectivity index (χ4v) is 2.05. The third-order valence-electron chi connectivity index (χ3n) is 3.25. The Kier molecular flexibility index (Phi) is 7.16. The summed E-state index contributed by atoms with van der Waals surface area (Å²) in [4.78, 5) is 20.1. The Morgan fingerprint density at radius 3 is 3.00 bits per heavy atom. The average molecular weight is 356 g/mol. The summed E-state index contributed by atoms with van der Waals surface area (Å²) in [5.41, 5.74) is 14.2. The topological polar surface area (TPSA) is 172 Å². The van der Waals surface area contributed by atoms with E-state index in [1.807, 2.05) is 24.3 Å². The van der Waals surface area contributed by atoms with Crippen molar-refractivity contribution in [2.24, 2.45) is 16.6 Å². The Morgan fingerprint density at radius 2 is 2.27 bits per heavy atom.